The number of halogens is 1. The molecule has 1 fully saturated rings. The van der Waals surface area contributed by atoms with E-state index in [-0.39, 0.29) is 5.78 Å². The Morgan fingerprint density at radius 1 is 1.71 bits per heavy atom. The smallest absolute Gasteiger partial charge is 0.186 e. The van der Waals surface area contributed by atoms with E-state index in [2.05, 4.69) is 6.07 Å². The molecule has 1 saturated heterocycles. The summed E-state index contributed by atoms with van der Waals surface area (Å²) in [6, 6.07) is 5.51. The van der Waals surface area contributed by atoms with Gasteiger partial charge in [-0.2, -0.15) is 5.26 Å². The minimum Gasteiger partial charge on any atom is -0.361 e. The molecule has 1 unspecified atom stereocenters. The summed E-state index contributed by atoms with van der Waals surface area (Å²) < 4.78 is 5.83. The summed E-state index contributed by atoms with van der Waals surface area (Å²) in [6.07, 6.45) is -0.427. The molecule has 1 aromatic heterocycles. The Morgan fingerprint density at radius 2 is 2.53 bits per heavy atom. The number of nitriles is 1. The van der Waals surface area contributed by atoms with Crippen molar-refractivity contribution < 1.29 is 9.53 Å². The maximum atomic E-state index is 11.9. The number of carbonyl (C=O) groups is 1. The number of ketones is 1. The molecule has 1 aromatic rings. The molecule has 0 bridgehead atoms. The van der Waals surface area contributed by atoms with Crippen LogP contribution in [0.2, 0.25) is 4.34 Å². The first kappa shape index (κ1) is 12.5. The predicted molar refractivity (Wildman–Crippen MR) is 65.5 cm³/mol. The van der Waals surface area contributed by atoms with Crippen molar-refractivity contribution in [1.29, 1.82) is 5.26 Å². The van der Waals surface area contributed by atoms with Crippen LogP contribution in [0, 0.1) is 11.3 Å². The zero-order valence-electron chi connectivity index (χ0n) is 9.06. The summed E-state index contributed by atoms with van der Waals surface area (Å²) in [4.78, 5) is 14.5. The van der Waals surface area contributed by atoms with E-state index < -0.39 is 6.10 Å². The Morgan fingerprint density at radius 3 is 3.18 bits per heavy atom. The quantitative estimate of drug-likeness (QED) is 0.786. The van der Waals surface area contributed by atoms with Crippen LogP contribution in [0.4, 0.5) is 0 Å². The largest absolute Gasteiger partial charge is 0.361 e. The van der Waals surface area contributed by atoms with E-state index in [0.717, 1.165) is 0 Å². The lowest BCUT2D eigenvalue weighted by Gasteiger charge is -2.28. The zero-order chi connectivity index (χ0) is 12.3. The van der Waals surface area contributed by atoms with Gasteiger partial charge in [-0.05, 0) is 12.1 Å². The van der Waals surface area contributed by atoms with Crippen LogP contribution in [-0.2, 0) is 4.74 Å². The molecule has 90 valence electrons. The van der Waals surface area contributed by atoms with Crippen molar-refractivity contribution in [2.75, 3.05) is 26.2 Å². The van der Waals surface area contributed by atoms with E-state index in [1.807, 2.05) is 4.90 Å². The van der Waals surface area contributed by atoms with E-state index in [1.165, 1.54) is 11.3 Å². The van der Waals surface area contributed by atoms with Gasteiger partial charge in [0.2, 0.25) is 0 Å². The number of morpholine rings is 1. The first-order chi connectivity index (χ1) is 8.19. The van der Waals surface area contributed by atoms with Crippen molar-refractivity contribution in [3.8, 4) is 6.07 Å². The number of ether oxygens (including phenoxy) is 1. The van der Waals surface area contributed by atoms with Crippen molar-refractivity contribution in [3.05, 3.63) is 21.3 Å². The monoisotopic (exact) mass is 270 g/mol. The van der Waals surface area contributed by atoms with E-state index in [0.29, 0.717) is 35.5 Å². The average molecular weight is 271 g/mol. The standard InChI is InChI=1S/C11H11ClN2O2S/c12-11-2-1-10(17-11)9(15)7-14-3-4-16-8(5-13)6-14/h1-2,8H,3-4,6-7H2. The number of thiophene rings is 1. The van der Waals surface area contributed by atoms with Crippen LogP contribution in [0.1, 0.15) is 9.67 Å². The molecule has 0 amide bonds. The second kappa shape index (κ2) is 5.61. The lowest BCUT2D eigenvalue weighted by molar-refractivity contribution is 0.00246. The van der Waals surface area contributed by atoms with Gasteiger partial charge in [-0.15, -0.1) is 11.3 Å². The van der Waals surface area contributed by atoms with Crippen LogP contribution < -0.4 is 0 Å². The minimum atomic E-state index is -0.427. The number of Topliss-reactive ketones (excluding diaryl/α,β-unsaturated/α-hetero) is 1. The molecule has 0 radical (unpaired) electrons. The molecule has 1 aliphatic heterocycles. The molecule has 0 aliphatic carbocycles. The van der Waals surface area contributed by atoms with Crippen LogP contribution in [0.15, 0.2) is 12.1 Å². The number of hydrogen-bond acceptors (Lipinski definition) is 5. The summed E-state index contributed by atoms with van der Waals surface area (Å²) >= 11 is 7.07. The van der Waals surface area contributed by atoms with Gasteiger partial charge in [0.1, 0.15) is 0 Å². The summed E-state index contributed by atoms with van der Waals surface area (Å²) in [5, 5.41) is 8.76. The fourth-order valence-corrected chi connectivity index (χ4v) is 2.64. The Hall–Kier alpha value is -0.930. The number of rotatable bonds is 3. The molecule has 17 heavy (non-hydrogen) atoms. The van der Waals surface area contributed by atoms with Crippen molar-refractivity contribution >= 4 is 28.7 Å². The van der Waals surface area contributed by atoms with Gasteiger partial charge in [0.05, 0.1) is 28.4 Å². The molecule has 2 rings (SSSR count). The van der Waals surface area contributed by atoms with Crippen LogP contribution in [-0.4, -0.2) is 43.0 Å². The van der Waals surface area contributed by atoms with Crippen LogP contribution in [0.25, 0.3) is 0 Å². The molecule has 0 aromatic carbocycles. The zero-order valence-corrected chi connectivity index (χ0v) is 10.6. The van der Waals surface area contributed by atoms with Crippen LogP contribution in [0.3, 0.4) is 0 Å². The first-order valence-corrected chi connectivity index (χ1v) is 6.40. The summed E-state index contributed by atoms with van der Waals surface area (Å²) in [5.74, 6) is 0.0421. The SMILES string of the molecule is N#CC1CN(CC(=O)c2ccc(Cl)s2)CCO1. The molecule has 1 atom stereocenters. The lowest BCUT2D eigenvalue weighted by Crippen LogP contribution is -2.44. The first-order valence-electron chi connectivity index (χ1n) is 5.21. The Balaban J connectivity index is 1.93. The maximum absolute atomic E-state index is 11.9. The maximum Gasteiger partial charge on any atom is 0.186 e. The lowest BCUT2D eigenvalue weighted by atomic mass is 10.2. The van der Waals surface area contributed by atoms with Crippen LogP contribution >= 0.6 is 22.9 Å². The van der Waals surface area contributed by atoms with Crippen molar-refractivity contribution in [3.63, 3.8) is 0 Å². The second-order valence-corrected chi connectivity index (χ2v) is 5.47. The van der Waals surface area contributed by atoms with Gasteiger partial charge in [0.15, 0.2) is 11.9 Å². The number of carbonyl (C=O) groups excluding carboxylic acids is 1. The highest BCUT2D eigenvalue weighted by atomic mass is 35.5. The highest BCUT2D eigenvalue weighted by Gasteiger charge is 2.22. The van der Waals surface area contributed by atoms with E-state index in [9.17, 15) is 4.79 Å². The van der Waals surface area contributed by atoms with Gasteiger partial charge in [-0.25, -0.2) is 0 Å². The Bertz CT molecular complexity index is 455. The number of hydrogen-bond donors (Lipinski definition) is 0. The van der Waals surface area contributed by atoms with E-state index in [1.54, 1.807) is 12.1 Å². The molecule has 1 aliphatic rings. The van der Waals surface area contributed by atoms with E-state index in [4.69, 9.17) is 21.6 Å². The van der Waals surface area contributed by atoms with Gasteiger partial charge < -0.3 is 4.74 Å². The Kier molecular flexibility index (Phi) is 4.13. The third-order valence-electron chi connectivity index (χ3n) is 2.51. The molecule has 6 heteroatoms. The molecular formula is C11H11ClN2O2S. The van der Waals surface area contributed by atoms with Gasteiger partial charge in [-0.1, -0.05) is 11.6 Å². The molecular weight excluding hydrogens is 260 g/mol. The van der Waals surface area contributed by atoms with Crippen LogP contribution in [0.5, 0.6) is 0 Å². The predicted octanol–water partition coefficient (Wildman–Crippen LogP) is 1.81. The summed E-state index contributed by atoms with van der Waals surface area (Å²) in [5.41, 5.74) is 0. The average Bonchev–Trinajstić information content (AvgIpc) is 2.76. The van der Waals surface area contributed by atoms with E-state index >= 15 is 0 Å². The van der Waals surface area contributed by atoms with Gasteiger partial charge in [0, 0.05) is 13.1 Å². The van der Waals surface area contributed by atoms with Crippen molar-refractivity contribution in [2.45, 2.75) is 6.10 Å². The second-order valence-electron chi connectivity index (χ2n) is 3.75. The van der Waals surface area contributed by atoms with Crippen molar-refractivity contribution in [2.24, 2.45) is 0 Å². The summed E-state index contributed by atoms with van der Waals surface area (Å²) in [7, 11) is 0. The fourth-order valence-electron chi connectivity index (χ4n) is 1.67. The van der Waals surface area contributed by atoms with Gasteiger partial charge in [0.25, 0.3) is 0 Å². The number of nitrogens with zero attached hydrogens (tertiary/aromatic N) is 2. The molecule has 0 N–H and O–H groups in total. The highest BCUT2D eigenvalue weighted by molar-refractivity contribution is 7.18. The van der Waals surface area contributed by atoms with Crippen molar-refractivity contribution in [1.82, 2.24) is 4.90 Å². The molecule has 0 saturated carbocycles. The van der Waals surface area contributed by atoms with Gasteiger partial charge >= 0.3 is 0 Å². The normalized spacial score (nSPS) is 21.1. The third-order valence-corrected chi connectivity index (χ3v) is 3.78. The Labute approximate surface area is 108 Å². The summed E-state index contributed by atoms with van der Waals surface area (Å²) in [6.45, 7) is 1.99. The fraction of sp³-hybridized carbons (Fsp3) is 0.455. The molecule has 0 spiro atoms. The minimum absolute atomic E-state index is 0.0421. The topological polar surface area (TPSA) is 53.3 Å². The third kappa shape index (κ3) is 3.27. The molecule has 2 heterocycles. The molecule has 4 nitrogen and oxygen atoms in total. The highest BCUT2D eigenvalue weighted by Crippen LogP contribution is 2.22. The van der Waals surface area contributed by atoms with Gasteiger partial charge in [-0.3, -0.25) is 9.69 Å².